The molecule has 0 atom stereocenters. The highest BCUT2D eigenvalue weighted by atomic mass is 35.5. The van der Waals surface area contributed by atoms with Crippen molar-refractivity contribution in [3.63, 3.8) is 0 Å². The average molecular weight is 295 g/mol. The maximum absolute atomic E-state index is 10.6. The maximum Gasteiger partial charge on any atom is 0.236 e. The van der Waals surface area contributed by atoms with Gasteiger partial charge in [0, 0.05) is 16.8 Å². The number of hydrazone groups is 1. The van der Waals surface area contributed by atoms with Crippen LogP contribution in [0, 0.1) is 0 Å². The third-order valence-corrected chi connectivity index (χ3v) is 3.23. The molecule has 19 heavy (non-hydrogen) atoms. The summed E-state index contributed by atoms with van der Waals surface area (Å²) in [6.45, 7) is 1.39. The molecule has 0 bridgehead atoms. The van der Waals surface area contributed by atoms with E-state index in [-0.39, 0.29) is 5.91 Å². The van der Waals surface area contributed by atoms with Gasteiger partial charge in [0.05, 0.1) is 6.21 Å². The van der Waals surface area contributed by atoms with Gasteiger partial charge in [0.1, 0.15) is 5.76 Å². The fraction of sp³-hybridized carbons (Fsp3) is 0.0769. The summed E-state index contributed by atoms with van der Waals surface area (Å²) < 4.78 is 5.53. The van der Waals surface area contributed by atoms with Crippen molar-refractivity contribution in [2.75, 3.05) is 0 Å². The van der Waals surface area contributed by atoms with Crippen molar-refractivity contribution in [2.45, 2.75) is 16.9 Å². The Morgan fingerprint density at radius 2 is 2.05 bits per heavy atom. The van der Waals surface area contributed by atoms with Crippen LogP contribution in [-0.4, -0.2) is 12.1 Å². The lowest BCUT2D eigenvalue weighted by molar-refractivity contribution is -0.118. The van der Waals surface area contributed by atoms with E-state index < -0.39 is 0 Å². The molecule has 0 saturated carbocycles. The van der Waals surface area contributed by atoms with E-state index in [0.717, 1.165) is 9.99 Å². The van der Waals surface area contributed by atoms with Crippen molar-refractivity contribution in [3.8, 4) is 0 Å². The van der Waals surface area contributed by atoms with Crippen molar-refractivity contribution < 1.29 is 9.21 Å². The van der Waals surface area contributed by atoms with Crippen LogP contribution < -0.4 is 5.43 Å². The van der Waals surface area contributed by atoms with Gasteiger partial charge in [-0.25, -0.2) is 5.43 Å². The second-order valence-corrected chi connectivity index (χ2v) is 5.15. The number of benzene rings is 1. The predicted octanol–water partition coefficient (Wildman–Crippen LogP) is 3.55. The molecule has 1 aromatic carbocycles. The molecular weight excluding hydrogens is 284 g/mol. The standard InChI is InChI=1S/C13H11ClN2O2S/c1-9(17)16-15-8-11-4-7-13(18-11)19-12-5-2-10(14)3-6-12/h2-8H,1H3,(H,16,17)/b15-8-. The first-order valence-electron chi connectivity index (χ1n) is 5.46. The Labute approximate surface area is 119 Å². The predicted molar refractivity (Wildman–Crippen MR) is 75.7 cm³/mol. The Morgan fingerprint density at radius 1 is 1.32 bits per heavy atom. The Kier molecular flexibility index (Phi) is 4.65. The lowest BCUT2D eigenvalue weighted by Crippen LogP contribution is -2.12. The lowest BCUT2D eigenvalue weighted by atomic mass is 10.4. The number of halogens is 1. The van der Waals surface area contributed by atoms with Crippen LogP contribution in [0.25, 0.3) is 0 Å². The summed E-state index contributed by atoms with van der Waals surface area (Å²) in [6.07, 6.45) is 1.45. The minimum atomic E-state index is -0.224. The van der Waals surface area contributed by atoms with Crippen molar-refractivity contribution in [2.24, 2.45) is 5.10 Å². The fourth-order valence-corrected chi connectivity index (χ4v) is 2.17. The first-order valence-corrected chi connectivity index (χ1v) is 6.66. The van der Waals surface area contributed by atoms with Crippen LogP contribution in [0.5, 0.6) is 0 Å². The van der Waals surface area contributed by atoms with Gasteiger partial charge < -0.3 is 4.42 Å². The molecule has 0 aliphatic heterocycles. The van der Waals surface area contributed by atoms with Gasteiger partial charge in [0.15, 0.2) is 5.09 Å². The molecule has 0 aliphatic rings. The van der Waals surface area contributed by atoms with Crippen LogP contribution in [0.15, 0.2) is 55.9 Å². The van der Waals surface area contributed by atoms with Crippen LogP contribution >= 0.6 is 23.4 Å². The zero-order valence-corrected chi connectivity index (χ0v) is 11.7. The summed E-state index contributed by atoms with van der Waals surface area (Å²) in [5, 5.41) is 5.17. The number of carbonyl (C=O) groups excluding carboxylic acids is 1. The van der Waals surface area contributed by atoms with Gasteiger partial charge in [0.2, 0.25) is 5.91 Å². The fourth-order valence-electron chi connectivity index (χ4n) is 1.26. The van der Waals surface area contributed by atoms with Crippen molar-refractivity contribution in [3.05, 3.63) is 47.2 Å². The van der Waals surface area contributed by atoms with E-state index in [4.69, 9.17) is 16.0 Å². The van der Waals surface area contributed by atoms with Crippen LogP contribution in [0.1, 0.15) is 12.7 Å². The molecule has 1 heterocycles. The summed E-state index contributed by atoms with van der Waals surface area (Å²) in [4.78, 5) is 11.7. The number of nitrogens with zero attached hydrogens (tertiary/aromatic N) is 1. The molecular formula is C13H11ClN2O2S. The number of nitrogens with one attached hydrogen (secondary N) is 1. The largest absolute Gasteiger partial charge is 0.448 e. The lowest BCUT2D eigenvalue weighted by Gasteiger charge is -1.97. The van der Waals surface area contributed by atoms with Crippen LogP contribution in [0.4, 0.5) is 0 Å². The Balaban J connectivity index is 1.99. The number of furan rings is 1. The first kappa shape index (κ1) is 13.7. The molecule has 0 aliphatic carbocycles. The maximum atomic E-state index is 10.6. The van der Waals surface area contributed by atoms with E-state index in [2.05, 4.69) is 10.5 Å². The molecule has 2 rings (SSSR count). The van der Waals surface area contributed by atoms with Crippen LogP contribution in [-0.2, 0) is 4.79 Å². The highest BCUT2D eigenvalue weighted by Crippen LogP contribution is 2.29. The molecule has 0 unspecified atom stereocenters. The Hall–Kier alpha value is -1.72. The van der Waals surface area contributed by atoms with Gasteiger partial charge >= 0.3 is 0 Å². The van der Waals surface area contributed by atoms with E-state index in [1.807, 2.05) is 30.3 Å². The van der Waals surface area contributed by atoms with Gasteiger partial charge in [0.25, 0.3) is 0 Å². The van der Waals surface area contributed by atoms with Gasteiger partial charge in [-0.1, -0.05) is 23.4 Å². The quantitative estimate of drug-likeness (QED) is 0.693. The molecule has 4 nitrogen and oxygen atoms in total. The number of amides is 1. The van der Waals surface area contributed by atoms with E-state index in [1.165, 1.54) is 24.9 Å². The minimum absolute atomic E-state index is 0.224. The van der Waals surface area contributed by atoms with E-state index in [1.54, 1.807) is 6.07 Å². The van der Waals surface area contributed by atoms with Gasteiger partial charge in [-0.05, 0) is 36.4 Å². The summed E-state index contributed by atoms with van der Waals surface area (Å²) in [5.41, 5.74) is 2.31. The van der Waals surface area contributed by atoms with Crippen molar-refractivity contribution >= 4 is 35.5 Å². The monoisotopic (exact) mass is 294 g/mol. The van der Waals surface area contributed by atoms with Crippen molar-refractivity contribution in [1.82, 2.24) is 5.43 Å². The third-order valence-electron chi connectivity index (χ3n) is 2.05. The van der Waals surface area contributed by atoms with E-state index in [9.17, 15) is 4.79 Å². The van der Waals surface area contributed by atoms with E-state index in [0.29, 0.717) is 10.8 Å². The minimum Gasteiger partial charge on any atom is -0.448 e. The second-order valence-electron chi connectivity index (χ2n) is 3.64. The topological polar surface area (TPSA) is 54.6 Å². The number of hydrogen-bond acceptors (Lipinski definition) is 4. The normalized spacial score (nSPS) is 10.8. The summed E-state index contributed by atoms with van der Waals surface area (Å²) in [5.74, 6) is 0.351. The van der Waals surface area contributed by atoms with Crippen LogP contribution in [0.3, 0.4) is 0 Å². The molecule has 1 N–H and O–H groups in total. The first-order chi connectivity index (χ1) is 9.13. The average Bonchev–Trinajstić information content (AvgIpc) is 2.79. The van der Waals surface area contributed by atoms with Gasteiger partial charge in [-0.15, -0.1) is 0 Å². The molecule has 1 aromatic heterocycles. The molecule has 0 radical (unpaired) electrons. The summed E-state index contributed by atoms with van der Waals surface area (Å²) in [6, 6.07) is 11.1. The molecule has 2 aromatic rings. The SMILES string of the molecule is CC(=O)N/N=C\c1ccc(Sc2ccc(Cl)cc2)o1. The Morgan fingerprint density at radius 3 is 2.74 bits per heavy atom. The summed E-state index contributed by atoms with van der Waals surface area (Å²) in [7, 11) is 0. The molecule has 98 valence electrons. The molecule has 6 heteroatoms. The van der Waals surface area contributed by atoms with Gasteiger partial charge in [-0.2, -0.15) is 5.10 Å². The molecule has 0 spiro atoms. The number of rotatable bonds is 4. The van der Waals surface area contributed by atoms with Crippen molar-refractivity contribution in [1.29, 1.82) is 0 Å². The second kappa shape index (κ2) is 6.45. The van der Waals surface area contributed by atoms with Gasteiger partial charge in [-0.3, -0.25) is 4.79 Å². The third kappa shape index (κ3) is 4.46. The zero-order valence-electron chi connectivity index (χ0n) is 10.1. The highest BCUT2D eigenvalue weighted by molar-refractivity contribution is 7.99. The molecule has 0 saturated heterocycles. The highest BCUT2D eigenvalue weighted by Gasteiger charge is 2.03. The molecule has 1 amide bonds. The molecule has 0 fully saturated rings. The number of carbonyl (C=O) groups is 1. The Bertz CT molecular complexity index is 593. The number of hydrogen-bond donors (Lipinski definition) is 1. The zero-order chi connectivity index (χ0) is 13.7. The summed E-state index contributed by atoms with van der Waals surface area (Å²) >= 11 is 7.30. The smallest absolute Gasteiger partial charge is 0.236 e. The van der Waals surface area contributed by atoms with E-state index >= 15 is 0 Å². The van der Waals surface area contributed by atoms with Crippen LogP contribution in [0.2, 0.25) is 5.02 Å².